The number of carbonyl (C=O) groups is 1. The molecular formula is C15H19N3O3. The lowest BCUT2D eigenvalue weighted by Gasteiger charge is -2.37. The minimum atomic E-state index is -0.00245. The quantitative estimate of drug-likeness (QED) is 0.779. The van der Waals surface area contributed by atoms with Gasteiger partial charge in [0.1, 0.15) is 0 Å². The predicted molar refractivity (Wildman–Crippen MR) is 77.5 cm³/mol. The van der Waals surface area contributed by atoms with E-state index in [1.165, 1.54) is 19.4 Å². The average Bonchev–Trinajstić information content (AvgIpc) is 3.12. The van der Waals surface area contributed by atoms with Crippen molar-refractivity contribution >= 4 is 11.6 Å². The second kappa shape index (κ2) is 4.80. The minimum absolute atomic E-state index is 0.00245. The van der Waals surface area contributed by atoms with E-state index in [9.17, 15) is 4.79 Å². The van der Waals surface area contributed by atoms with Gasteiger partial charge in [-0.2, -0.15) is 0 Å². The highest BCUT2D eigenvalue weighted by Gasteiger charge is 2.33. The summed E-state index contributed by atoms with van der Waals surface area (Å²) in [6.45, 7) is 3.88. The molecule has 3 aliphatic rings. The Morgan fingerprint density at radius 2 is 2.00 bits per heavy atom. The van der Waals surface area contributed by atoms with Crippen molar-refractivity contribution in [2.75, 3.05) is 38.7 Å². The molecule has 0 bridgehead atoms. The summed E-state index contributed by atoms with van der Waals surface area (Å²) in [4.78, 5) is 17.1. The van der Waals surface area contributed by atoms with Crippen molar-refractivity contribution in [3.63, 3.8) is 0 Å². The van der Waals surface area contributed by atoms with Crippen molar-refractivity contribution in [2.45, 2.75) is 18.9 Å². The highest BCUT2D eigenvalue weighted by atomic mass is 16.7. The fraction of sp³-hybridized carbons (Fsp3) is 0.533. The number of nitrogens with zero attached hydrogens (tertiary/aromatic N) is 2. The van der Waals surface area contributed by atoms with Crippen LogP contribution in [0.15, 0.2) is 12.1 Å². The zero-order valence-electron chi connectivity index (χ0n) is 11.9. The lowest BCUT2D eigenvalue weighted by Crippen LogP contribution is -2.52. The maximum Gasteiger partial charge on any atom is 0.256 e. The molecule has 4 rings (SSSR count). The van der Waals surface area contributed by atoms with Gasteiger partial charge in [0.25, 0.3) is 5.91 Å². The molecule has 1 aromatic carbocycles. The van der Waals surface area contributed by atoms with E-state index in [-0.39, 0.29) is 12.7 Å². The molecule has 1 atom stereocenters. The van der Waals surface area contributed by atoms with Gasteiger partial charge in [0.15, 0.2) is 11.5 Å². The molecule has 0 radical (unpaired) electrons. The third-order valence-corrected chi connectivity index (χ3v) is 4.65. The Bertz CT molecular complexity index is 590. The van der Waals surface area contributed by atoms with E-state index in [4.69, 9.17) is 15.2 Å². The molecule has 1 amide bonds. The molecule has 6 heteroatoms. The number of ether oxygens (including phenoxy) is 2. The van der Waals surface area contributed by atoms with Gasteiger partial charge in [0, 0.05) is 37.4 Å². The summed E-state index contributed by atoms with van der Waals surface area (Å²) in [6.07, 6.45) is 2.42. The van der Waals surface area contributed by atoms with Crippen LogP contribution in [0.4, 0.5) is 5.69 Å². The molecular weight excluding hydrogens is 270 g/mol. The first-order valence-electron chi connectivity index (χ1n) is 7.45. The number of fused-ring (bicyclic) bond motifs is 2. The van der Waals surface area contributed by atoms with E-state index in [0.29, 0.717) is 28.8 Å². The fourth-order valence-electron chi connectivity index (χ4n) is 3.49. The molecule has 3 heterocycles. The molecule has 0 aliphatic carbocycles. The second-order valence-electron chi connectivity index (χ2n) is 5.88. The number of amides is 1. The second-order valence-corrected chi connectivity index (χ2v) is 5.88. The van der Waals surface area contributed by atoms with Crippen LogP contribution >= 0.6 is 0 Å². The Balaban J connectivity index is 1.57. The number of hydrogen-bond donors (Lipinski definition) is 1. The van der Waals surface area contributed by atoms with E-state index in [0.717, 1.165) is 19.6 Å². The Kier molecular flexibility index (Phi) is 2.92. The summed E-state index contributed by atoms with van der Waals surface area (Å²) in [6, 6.07) is 3.90. The zero-order chi connectivity index (χ0) is 14.4. The molecule has 2 saturated heterocycles. The highest BCUT2D eigenvalue weighted by molar-refractivity contribution is 6.00. The van der Waals surface area contributed by atoms with Gasteiger partial charge >= 0.3 is 0 Å². The summed E-state index contributed by atoms with van der Waals surface area (Å²) in [5.41, 5.74) is 6.99. The van der Waals surface area contributed by atoms with Crippen molar-refractivity contribution < 1.29 is 14.3 Å². The molecule has 6 nitrogen and oxygen atoms in total. The number of hydrogen-bond acceptors (Lipinski definition) is 5. The summed E-state index contributed by atoms with van der Waals surface area (Å²) in [7, 11) is 0. The van der Waals surface area contributed by atoms with Crippen LogP contribution in [0.5, 0.6) is 11.5 Å². The van der Waals surface area contributed by atoms with Crippen LogP contribution in [-0.2, 0) is 0 Å². The predicted octanol–water partition coefficient (Wildman–Crippen LogP) is 0.918. The van der Waals surface area contributed by atoms with Crippen LogP contribution < -0.4 is 15.2 Å². The first-order valence-corrected chi connectivity index (χ1v) is 7.45. The number of piperazine rings is 1. The van der Waals surface area contributed by atoms with Gasteiger partial charge in [-0.15, -0.1) is 0 Å². The summed E-state index contributed by atoms with van der Waals surface area (Å²) >= 11 is 0. The molecule has 1 aromatic rings. The van der Waals surface area contributed by atoms with E-state index in [1.54, 1.807) is 12.1 Å². The van der Waals surface area contributed by atoms with E-state index < -0.39 is 0 Å². The fourth-order valence-corrected chi connectivity index (χ4v) is 3.49. The van der Waals surface area contributed by atoms with Crippen LogP contribution in [0.25, 0.3) is 0 Å². The lowest BCUT2D eigenvalue weighted by molar-refractivity contribution is 0.0572. The first-order chi connectivity index (χ1) is 10.2. The van der Waals surface area contributed by atoms with Crippen molar-refractivity contribution in [3.05, 3.63) is 17.7 Å². The van der Waals surface area contributed by atoms with E-state index in [1.807, 2.05) is 4.90 Å². The van der Waals surface area contributed by atoms with Gasteiger partial charge < -0.3 is 20.1 Å². The summed E-state index contributed by atoms with van der Waals surface area (Å²) in [5.74, 6) is 1.22. The topological polar surface area (TPSA) is 68.0 Å². The number of anilines is 1. The molecule has 0 saturated carbocycles. The molecule has 0 spiro atoms. The van der Waals surface area contributed by atoms with Crippen LogP contribution in [0, 0.1) is 0 Å². The number of nitrogen functional groups attached to an aromatic ring is 1. The lowest BCUT2D eigenvalue weighted by atomic mass is 10.1. The van der Waals surface area contributed by atoms with Crippen LogP contribution in [-0.4, -0.2) is 54.7 Å². The minimum Gasteiger partial charge on any atom is -0.454 e. The monoisotopic (exact) mass is 289 g/mol. The maximum atomic E-state index is 12.7. The van der Waals surface area contributed by atoms with Gasteiger partial charge in [-0.1, -0.05) is 0 Å². The Morgan fingerprint density at radius 1 is 1.19 bits per heavy atom. The van der Waals surface area contributed by atoms with Crippen molar-refractivity contribution in [1.82, 2.24) is 9.80 Å². The average molecular weight is 289 g/mol. The Morgan fingerprint density at radius 3 is 2.86 bits per heavy atom. The first kappa shape index (κ1) is 12.8. The maximum absolute atomic E-state index is 12.7. The number of rotatable bonds is 1. The van der Waals surface area contributed by atoms with Gasteiger partial charge in [-0.05, 0) is 25.5 Å². The number of carbonyl (C=O) groups excluding carboxylic acids is 1. The summed E-state index contributed by atoms with van der Waals surface area (Å²) < 4.78 is 10.6. The normalized spacial score (nSPS) is 24.2. The van der Waals surface area contributed by atoms with Crippen molar-refractivity contribution in [3.8, 4) is 11.5 Å². The van der Waals surface area contributed by atoms with Crippen LogP contribution in [0.1, 0.15) is 23.2 Å². The number of benzene rings is 1. The number of nitrogens with two attached hydrogens (primary N) is 1. The standard InChI is InChI=1S/C15H19N3O3/c16-12-7-14-13(20-9-21-14)6-11(12)15(19)18-5-4-17-3-1-2-10(17)8-18/h6-7,10H,1-5,8-9,16H2. The molecule has 112 valence electrons. The highest BCUT2D eigenvalue weighted by Crippen LogP contribution is 2.36. The van der Waals surface area contributed by atoms with Crippen molar-refractivity contribution in [1.29, 1.82) is 0 Å². The zero-order valence-corrected chi connectivity index (χ0v) is 11.9. The van der Waals surface area contributed by atoms with Crippen molar-refractivity contribution in [2.24, 2.45) is 0 Å². The third-order valence-electron chi connectivity index (χ3n) is 4.65. The van der Waals surface area contributed by atoms with Gasteiger partial charge in [0.2, 0.25) is 6.79 Å². The Hall–Kier alpha value is -1.95. The van der Waals surface area contributed by atoms with Crippen LogP contribution in [0.3, 0.4) is 0 Å². The largest absolute Gasteiger partial charge is 0.454 e. The molecule has 0 aromatic heterocycles. The van der Waals surface area contributed by atoms with E-state index in [2.05, 4.69) is 4.90 Å². The summed E-state index contributed by atoms with van der Waals surface area (Å²) in [5, 5.41) is 0. The molecule has 21 heavy (non-hydrogen) atoms. The SMILES string of the molecule is Nc1cc2c(cc1C(=O)N1CCN3CCCC3C1)OCO2. The van der Waals surface area contributed by atoms with Crippen LogP contribution in [0.2, 0.25) is 0 Å². The Labute approximate surface area is 123 Å². The third kappa shape index (κ3) is 2.10. The molecule has 2 fully saturated rings. The molecule has 3 aliphatic heterocycles. The molecule has 1 unspecified atom stereocenters. The van der Waals surface area contributed by atoms with E-state index >= 15 is 0 Å². The smallest absolute Gasteiger partial charge is 0.256 e. The molecule has 2 N–H and O–H groups in total. The van der Waals surface area contributed by atoms with Gasteiger partial charge in [0.05, 0.1) is 5.56 Å². The van der Waals surface area contributed by atoms with Gasteiger partial charge in [-0.3, -0.25) is 9.69 Å². The van der Waals surface area contributed by atoms with Gasteiger partial charge in [-0.25, -0.2) is 0 Å².